The highest BCUT2D eigenvalue weighted by atomic mass is 35.5. The highest BCUT2D eigenvalue weighted by Crippen LogP contribution is 2.10. The summed E-state index contributed by atoms with van der Waals surface area (Å²) in [5, 5.41) is 3.51. The van der Waals surface area contributed by atoms with E-state index in [1.807, 2.05) is 0 Å². The van der Waals surface area contributed by atoms with Crippen molar-refractivity contribution in [1.29, 1.82) is 0 Å². The molecular formula is C10H20ClN. The fourth-order valence-corrected chi connectivity index (χ4v) is 1.48. The molecule has 0 aliphatic carbocycles. The molecule has 0 amide bonds. The second-order valence-electron chi connectivity index (χ2n) is 3.42. The first-order valence-corrected chi connectivity index (χ1v) is 4.73. The van der Waals surface area contributed by atoms with Gasteiger partial charge in [0.25, 0.3) is 0 Å². The summed E-state index contributed by atoms with van der Waals surface area (Å²) < 4.78 is 0. The Balaban J connectivity index is 0.00000121. The Morgan fingerprint density at radius 2 is 2.25 bits per heavy atom. The average molecular weight is 190 g/mol. The Bertz CT molecular complexity index is 137. The van der Waals surface area contributed by atoms with Crippen LogP contribution in [0.4, 0.5) is 0 Å². The lowest BCUT2D eigenvalue weighted by molar-refractivity contribution is 0.452. The summed E-state index contributed by atoms with van der Waals surface area (Å²) in [7, 11) is 0. The van der Waals surface area contributed by atoms with Crippen LogP contribution in [0.1, 0.15) is 39.5 Å². The Labute approximate surface area is 82.0 Å². The topological polar surface area (TPSA) is 12.0 Å². The molecule has 0 aromatic carbocycles. The van der Waals surface area contributed by atoms with Gasteiger partial charge in [0.15, 0.2) is 0 Å². The van der Waals surface area contributed by atoms with E-state index in [-0.39, 0.29) is 12.4 Å². The molecule has 1 aliphatic rings. The summed E-state index contributed by atoms with van der Waals surface area (Å²) in [5.74, 6) is 0. The first-order valence-electron chi connectivity index (χ1n) is 4.73. The maximum absolute atomic E-state index is 3.51. The van der Waals surface area contributed by atoms with Crippen LogP contribution in [0.3, 0.4) is 0 Å². The van der Waals surface area contributed by atoms with E-state index in [4.69, 9.17) is 0 Å². The first-order chi connectivity index (χ1) is 5.33. The van der Waals surface area contributed by atoms with Crippen molar-refractivity contribution < 1.29 is 0 Å². The minimum absolute atomic E-state index is 0. The summed E-state index contributed by atoms with van der Waals surface area (Å²) in [5.41, 5.74) is 1.52. The zero-order valence-electron chi connectivity index (χ0n) is 8.10. The molecule has 0 saturated carbocycles. The first kappa shape index (κ1) is 12.0. The smallest absolute Gasteiger partial charge is 0.0252 e. The SMILES string of the molecule is CC/C(C)=C/C1CCCCN1.Cl. The average Bonchev–Trinajstić information content (AvgIpc) is 2.06. The second kappa shape index (κ2) is 6.50. The molecule has 12 heavy (non-hydrogen) atoms. The number of halogens is 1. The van der Waals surface area contributed by atoms with E-state index in [0.29, 0.717) is 6.04 Å². The zero-order valence-corrected chi connectivity index (χ0v) is 8.91. The Kier molecular flexibility index (Phi) is 6.49. The van der Waals surface area contributed by atoms with E-state index in [9.17, 15) is 0 Å². The number of allylic oxidation sites excluding steroid dienone is 1. The van der Waals surface area contributed by atoms with Crippen LogP contribution in [0, 0.1) is 0 Å². The third kappa shape index (κ3) is 4.13. The summed E-state index contributed by atoms with van der Waals surface area (Å²) in [6.45, 7) is 5.64. The molecule has 0 aromatic rings. The molecular weight excluding hydrogens is 170 g/mol. The molecule has 1 rings (SSSR count). The van der Waals surface area contributed by atoms with Crippen LogP contribution in [-0.2, 0) is 0 Å². The van der Waals surface area contributed by atoms with Crippen molar-refractivity contribution in [2.45, 2.75) is 45.6 Å². The predicted octanol–water partition coefficient (Wildman–Crippen LogP) is 2.91. The number of hydrogen-bond acceptors (Lipinski definition) is 1. The van der Waals surface area contributed by atoms with E-state index in [1.165, 1.54) is 37.8 Å². The number of rotatable bonds is 2. The van der Waals surface area contributed by atoms with Crippen molar-refractivity contribution in [3.63, 3.8) is 0 Å². The van der Waals surface area contributed by atoms with Crippen LogP contribution in [0.25, 0.3) is 0 Å². The highest BCUT2D eigenvalue weighted by Gasteiger charge is 2.08. The quantitative estimate of drug-likeness (QED) is 0.659. The Morgan fingerprint density at radius 1 is 1.50 bits per heavy atom. The van der Waals surface area contributed by atoms with Crippen molar-refractivity contribution in [1.82, 2.24) is 5.32 Å². The molecule has 1 aliphatic heterocycles. The summed E-state index contributed by atoms with van der Waals surface area (Å²) in [6.07, 6.45) is 7.66. The zero-order chi connectivity index (χ0) is 8.10. The van der Waals surface area contributed by atoms with Crippen molar-refractivity contribution >= 4 is 12.4 Å². The van der Waals surface area contributed by atoms with Crippen LogP contribution in [0.5, 0.6) is 0 Å². The third-order valence-electron chi connectivity index (χ3n) is 2.39. The molecule has 0 spiro atoms. The van der Waals surface area contributed by atoms with Crippen LogP contribution < -0.4 is 5.32 Å². The lowest BCUT2D eigenvalue weighted by atomic mass is 10.0. The van der Waals surface area contributed by atoms with Gasteiger partial charge < -0.3 is 5.32 Å². The monoisotopic (exact) mass is 189 g/mol. The molecule has 1 N–H and O–H groups in total. The van der Waals surface area contributed by atoms with E-state index in [1.54, 1.807) is 0 Å². The van der Waals surface area contributed by atoms with E-state index < -0.39 is 0 Å². The normalized spacial score (nSPS) is 24.8. The molecule has 1 fully saturated rings. The molecule has 1 heterocycles. The minimum Gasteiger partial charge on any atom is -0.311 e. The molecule has 1 saturated heterocycles. The maximum Gasteiger partial charge on any atom is 0.0252 e. The predicted molar refractivity (Wildman–Crippen MR) is 56.9 cm³/mol. The molecule has 0 radical (unpaired) electrons. The number of hydrogen-bond donors (Lipinski definition) is 1. The van der Waals surface area contributed by atoms with Gasteiger partial charge in [-0.05, 0) is 32.7 Å². The van der Waals surface area contributed by atoms with Gasteiger partial charge in [0.2, 0.25) is 0 Å². The molecule has 72 valence electrons. The van der Waals surface area contributed by atoms with Gasteiger partial charge in [0.1, 0.15) is 0 Å². The van der Waals surface area contributed by atoms with Crippen molar-refractivity contribution in [3.05, 3.63) is 11.6 Å². The van der Waals surface area contributed by atoms with E-state index >= 15 is 0 Å². The second-order valence-corrected chi connectivity index (χ2v) is 3.42. The van der Waals surface area contributed by atoms with Gasteiger partial charge in [-0.2, -0.15) is 0 Å². The molecule has 2 heteroatoms. The third-order valence-corrected chi connectivity index (χ3v) is 2.39. The van der Waals surface area contributed by atoms with Gasteiger partial charge in [0.05, 0.1) is 0 Å². The van der Waals surface area contributed by atoms with E-state index in [0.717, 1.165) is 0 Å². The summed E-state index contributed by atoms with van der Waals surface area (Å²) >= 11 is 0. The van der Waals surface area contributed by atoms with Crippen LogP contribution in [-0.4, -0.2) is 12.6 Å². The number of piperidine rings is 1. The Morgan fingerprint density at radius 3 is 2.75 bits per heavy atom. The van der Waals surface area contributed by atoms with Gasteiger partial charge >= 0.3 is 0 Å². The lowest BCUT2D eigenvalue weighted by Gasteiger charge is -2.20. The van der Waals surface area contributed by atoms with Gasteiger partial charge in [-0.1, -0.05) is 25.0 Å². The van der Waals surface area contributed by atoms with Crippen molar-refractivity contribution in [2.75, 3.05) is 6.54 Å². The van der Waals surface area contributed by atoms with Crippen molar-refractivity contribution in [2.24, 2.45) is 0 Å². The minimum atomic E-state index is 0. The van der Waals surface area contributed by atoms with Gasteiger partial charge in [-0.25, -0.2) is 0 Å². The lowest BCUT2D eigenvalue weighted by Crippen LogP contribution is -2.32. The van der Waals surface area contributed by atoms with Gasteiger partial charge in [-0.3, -0.25) is 0 Å². The highest BCUT2D eigenvalue weighted by molar-refractivity contribution is 5.85. The van der Waals surface area contributed by atoms with Gasteiger partial charge in [-0.15, -0.1) is 12.4 Å². The fourth-order valence-electron chi connectivity index (χ4n) is 1.48. The summed E-state index contributed by atoms with van der Waals surface area (Å²) in [6, 6.07) is 0.670. The molecule has 0 bridgehead atoms. The standard InChI is InChI=1S/C10H19N.ClH/c1-3-9(2)8-10-6-4-5-7-11-10;/h8,10-11H,3-7H2,1-2H3;1H/b9-8+;. The van der Waals surface area contributed by atoms with Crippen LogP contribution in [0.2, 0.25) is 0 Å². The fraction of sp³-hybridized carbons (Fsp3) is 0.800. The van der Waals surface area contributed by atoms with Crippen LogP contribution >= 0.6 is 12.4 Å². The Hall–Kier alpha value is -0.0100. The maximum atomic E-state index is 3.51. The number of nitrogens with one attached hydrogen (secondary N) is 1. The van der Waals surface area contributed by atoms with Crippen LogP contribution in [0.15, 0.2) is 11.6 Å². The summed E-state index contributed by atoms with van der Waals surface area (Å²) in [4.78, 5) is 0. The largest absolute Gasteiger partial charge is 0.311 e. The molecule has 0 aromatic heterocycles. The molecule has 1 unspecified atom stereocenters. The van der Waals surface area contributed by atoms with Gasteiger partial charge in [0, 0.05) is 6.04 Å². The van der Waals surface area contributed by atoms with Crippen molar-refractivity contribution in [3.8, 4) is 0 Å². The molecule has 1 atom stereocenters. The van der Waals surface area contributed by atoms with E-state index in [2.05, 4.69) is 25.2 Å². The molecule has 1 nitrogen and oxygen atoms in total.